The van der Waals surface area contributed by atoms with Gasteiger partial charge in [0.1, 0.15) is 5.82 Å². The first-order valence-electron chi connectivity index (χ1n) is 11.4. The molecule has 0 radical (unpaired) electrons. The molecule has 164 valence electrons. The molecular formula is C25H31FN4O. The second-order valence-electron chi connectivity index (χ2n) is 8.41. The second-order valence-corrected chi connectivity index (χ2v) is 8.41. The number of nitrogens with zero attached hydrogens (tertiary/aromatic N) is 3. The van der Waals surface area contributed by atoms with Crippen molar-refractivity contribution in [2.75, 3.05) is 19.6 Å². The molecule has 1 aliphatic rings. The van der Waals surface area contributed by atoms with Crippen LogP contribution >= 0.6 is 0 Å². The zero-order chi connectivity index (χ0) is 21.6. The summed E-state index contributed by atoms with van der Waals surface area (Å²) in [6, 6.07) is 12.8. The van der Waals surface area contributed by atoms with Crippen LogP contribution in [-0.2, 0) is 6.54 Å². The van der Waals surface area contributed by atoms with Gasteiger partial charge in [-0.05, 0) is 62.1 Å². The average Bonchev–Trinajstić information content (AvgIpc) is 3.20. The van der Waals surface area contributed by atoms with E-state index in [0.717, 1.165) is 29.4 Å². The third-order valence-electron chi connectivity index (χ3n) is 6.28. The van der Waals surface area contributed by atoms with Gasteiger partial charge >= 0.3 is 0 Å². The summed E-state index contributed by atoms with van der Waals surface area (Å²) in [5.74, 6) is -0.305. The number of benzene rings is 2. The van der Waals surface area contributed by atoms with E-state index in [9.17, 15) is 9.18 Å². The molecule has 6 heteroatoms. The number of hydrogen-bond donors (Lipinski definition) is 1. The van der Waals surface area contributed by atoms with E-state index in [-0.39, 0.29) is 11.7 Å². The fourth-order valence-corrected chi connectivity index (χ4v) is 4.50. The maximum absolute atomic E-state index is 13.2. The minimum Gasteiger partial charge on any atom is -0.352 e. The van der Waals surface area contributed by atoms with Crippen LogP contribution in [0.2, 0.25) is 0 Å². The minimum atomic E-state index is -0.251. The number of fused-ring (bicyclic) bond motifs is 1. The maximum Gasteiger partial charge on any atom is 0.251 e. The summed E-state index contributed by atoms with van der Waals surface area (Å²) in [5, 5.41) is 8.49. The number of hydrogen-bond acceptors (Lipinski definition) is 3. The van der Waals surface area contributed by atoms with Gasteiger partial charge in [0, 0.05) is 30.1 Å². The van der Waals surface area contributed by atoms with Crippen LogP contribution in [0.4, 0.5) is 4.39 Å². The van der Waals surface area contributed by atoms with Gasteiger partial charge in [-0.25, -0.2) is 4.39 Å². The Labute approximate surface area is 183 Å². The molecule has 31 heavy (non-hydrogen) atoms. The standard InChI is InChI=1S/C25H31FN4O/c1-2-23-6-3-4-14-29(23)15-5-13-27-25(31)20-9-10-21-17-28-30(24(21)16-20)18-19-7-11-22(26)12-8-19/h7-12,16-17,23H,2-6,13-15,18H2,1H3,(H,27,31)/t23-/m0/s1. The van der Waals surface area contributed by atoms with Crippen LogP contribution in [-0.4, -0.2) is 46.3 Å². The lowest BCUT2D eigenvalue weighted by atomic mass is 10.00. The lowest BCUT2D eigenvalue weighted by molar-refractivity contribution is 0.0947. The lowest BCUT2D eigenvalue weighted by Gasteiger charge is -2.35. The fourth-order valence-electron chi connectivity index (χ4n) is 4.50. The summed E-state index contributed by atoms with van der Waals surface area (Å²) in [4.78, 5) is 15.3. The topological polar surface area (TPSA) is 50.2 Å². The largest absolute Gasteiger partial charge is 0.352 e. The zero-order valence-electron chi connectivity index (χ0n) is 18.2. The summed E-state index contributed by atoms with van der Waals surface area (Å²) >= 11 is 0. The Kier molecular flexibility index (Phi) is 6.97. The Morgan fingerprint density at radius 2 is 2.03 bits per heavy atom. The average molecular weight is 423 g/mol. The molecule has 2 aromatic carbocycles. The highest BCUT2D eigenvalue weighted by Gasteiger charge is 2.20. The molecule has 5 nitrogen and oxygen atoms in total. The normalized spacial score (nSPS) is 17.2. The third-order valence-corrected chi connectivity index (χ3v) is 6.28. The Hall–Kier alpha value is -2.73. The molecule has 3 aromatic rings. The fraction of sp³-hybridized carbons (Fsp3) is 0.440. The first-order chi connectivity index (χ1) is 15.1. The van der Waals surface area contributed by atoms with Crippen LogP contribution in [0.3, 0.4) is 0 Å². The molecule has 1 atom stereocenters. The van der Waals surface area contributed by atoms with Crippen LogP contribution in [0.5, 0.6) is 0 Å². The van der Waals surface area contributed by atoms with E-state index in [0.29, 0.717) is 24.7 Å². The molecule has 2 heterocycles. The summed E-state index contributed by atoms with van der Waals surface area (Å²) in [6.45, 7) is 5.70. The monoisotopic (exact) mass is 422 g/mol. The number of amides is 1. The van der Waals surface area contributed by atoms with Crippen LogP contribution in [0.25, 0.3) is 10.9 Å². The van der Waals surface area contributed by atoms with E-state index < -0.39 is 0 Å². The van der Waals surface area contributed by atoms with Crippen LogP contribution < -0.4 is 5.32 Å². The molecule has 1 amide bonds. The van der Waals surface area contributed by atoms with Gasteiger partial charge in [-0.3, -0.25) is 9.48 Å². The van der Waals surface area contributed by atoms with Gasteiger partial charge in [-0.2, -0.15) is 5.10 Å². The highest BCUT2D eigenvalue weighted by molar-refractivity contribution is 5.97. The molecular weight excluding hydrogens is 391 g/mol. The van der Waals surface area contributed by atoms with Crippen molar-refractivity contribution >= 4 is 16.8 Å². The molecule has 0 unspecified atom stereocenters. The van der Waals surface area contributed by atoms with Crippen molar-refractivity contribution < 1.29 is 9.18 Å². The van der Waals surface area contributed by atoms with Crippen molar-refractivity contribution in [3.63, 3.8) is 0 Å². The first-order valence-corrected chi connectivity index (χ1v) is 11.4. The molecule has 1 aliphatic heterocycles. The Balaban J connectivity index is 1.35. The Bertz CT molecular complexity index is 1010. The molecule has 1 aromatic heterocycles. The van der Waals surface area contributed by atoms with E-state index in [4.69, 9.17) is 0 Å². The van der Waals surface area contributed by atoms with Gasteiger partial charge in [0.15, 0.2) is 0 Å². The van der Waals surface area contributed by atoms with Crippen molar-refractivity contribution in [1.82, 2.24) is 20.0 Å². The molecule has 1 saturated heterocycles. The molecule has 0 spiro atoms. The first kappa shape index (κ1) is 21.5. The number of aromatic nitrogens is 2. The van der Waals surface area contributed by atoms with Crippen molar-refractivity contribution in [2.45, 2.75) is 51.6 Å². The van der Waals surface area contributed by atoms with E-state index in [2.05, 4.69) is 22.2 Å². The second kappa shape index (κ2) is 10.1. The highest BCUT2D eigenvalue weighted by atomic mass is 19.1. The molecule has 0 bridgehead atoms. The van der Waals surface area contributed by atoms with Crippen molar-refractivity contribution in [3.05, 3.63) is 65.6 Å². The van der Waals surface area contributed by atoms with E-state index in [1.807, 2.05) is 22.9 Å². The SMILES string of the molecule is CC[C@H]1CCCCN1CCCNC(=O)c1ccc2cnn(Cc3ccc(F)cc3)c2c1. The molecule has 0 saturated carbocycles. The molecule has 1 fully saturated rings. The molecule has 0 aliphatic carbocycles. The van der Waals surface area contributed by atoms with Gasteiger partial charge in [0.25, 0.3) is 5.91 Å². The van der Waals surface area contributed by atoms with Gasteiger partial charge in [0.2, 0.25) is 0 Å². The Morgan fingerprint density at radius 1 is 1.19 bits per heavy atom. The van der Waals surface area contributed by atoms with Gasteiger partial charge < -0.3 is 10.2 Å². The smallest absolute Gasteiger partial charge is 0.251 e. The van der Waals surface area contributed by atoms with E-state index in [1.165, 1.54) is 44.4 Å². The molecule has 1 N–H and O–H groups in total. The minimum absolute atomic E-state index is 0.0536. The Morgan fingerprint density at radius 3 is 2.84 bits per heavy atom. The van der Waals surface area contributed by atoms with Crippen molar-refractivity contribution in [3.8, 4) is 0 Å². The van der Waals surface area contributed by atoms with Crippen LogP contribution in [0.15, 0.2) is 48.7 Å². The van der Waals surface area contributed by atoms with E-state index >= 15 is 0 Å². The summed E-state index contributed by atoms with van der Waals surface area (Å²) in [6.07, 6.45) is 7.89. The van der Waals surface area contributed by atoms with Crippen molar-refractivity contribution in [1.29, 1.82) is 0 Å². The number of piperidine rings is 1. The van der Waals surface area contributed by atoms with Crippen molar-refractivity contribution in [2.24, 2.45) is 0 Å². The summed E-state index contributed by atoms with van der Waals surface area (Å²) in [5.41, 5.74) is 2.50. The highest BCUT2D eigenvalue weighted by Crippen LogP contribution is 2.20. The van der Waals surface area contributed by atoms with Crippen LogP contribution in [0.1, 0.15) is 54.9 Å². The zero-order valence-corrected chi connectivity index (χ0v) is 18.2. The predicted molar refractivity (Wildman–Crippen MR) is 122 cm³/mol. The predicted octanol–water partition coefficient (Wildman–Crippen LogP) is 4.61. The summed E-state index contributed by atoms with van der Waals surface area (Å²) in [7, 11) is 0. The number of carbonyl (C=O) groups is 1. The van der Waals surface area contributed by atoms with Gasteiger partial charge in [-0.15, -0.1) is 0 Å². The number of rotatable bonds is 8. The van der Waals surface area contributed by atoms with Crippen LogP contribution in [0, 0.1) is 5.82 Å². The maximum atomic E-state index is 13.2. The number of nitrogens with one attached hydrogen (secondary N) is 1. The lowest BCUT2D eigenvalue weighted by Crippen LogP contribution is -2.40. The molecule has 4 rings (SSSR count). The quantitative estimate of drug-likeness (QED) is 0.540. The number of carbonyl (C=O) groups excluding carboxylic acids is 1. The summed E-state index contributed by atoms with van der Waals surface area (Å²) < 4.78 is 15.0. The number of likely N-dealkylation sites (tertiary alicyclic amines) is 1. The van der Waals surface area contributed by atoms with Gasteiger partial charge in [-0.1, -0.05) is 31.5 Å². The number of halogens is 1. The van der Waals surface area contributed by atoms with Gasteiger partial charge in [0.05, 0.1) is 18.3 Å². The van der Waals surface area contributed by atoms with E-state index in [1.54, 1.807) is 18.3 Å². The third kappa shape index (κ3) is 5.31.